The average molecular weight is 303 g/mol. The summed E-state index contributed by atoms with van der Waals surface area (Å²) in [6, 6.07) is 6.07. The first-order chi connectivity index (χ1) is 10.4. The van der Waals surface area contributed by atoms with Crippen LogP contribution in [0.4, 0.5) is 0 Å². The number of carboxylic acids is 1. The van der Waals surface area contributed by atoms with Crippen LogP contribution in [-0.4, -0.2) is 17.0 Å². The second-order valence-electron chi connectivity index (χ2n) is 6.43. The first kappa shape index (κ1) is 16.5. The van der Waals surface area contributed by atoms with Gasteiger partial charge in [0.25, 0.3) is 0 Å². The van der Waals surface area contributed by atoms with Crippen LogP contribution >= 0.6 is 0 Å². The molecule has 0 spiro atoms. The van der Waals surface area contributed by atoms with E-state index in [1.165, 1.54) is 0 Å². The largest absolute Gasteiger partial charge is 0.481 e. The second-order valence-corrected chi connectivity index (χ2v) is 6.43. The molecular weight excluding hydrogens is 278 g/mol. The highest BCUT2D eigenvalue weighted by atomic mass is 16.4. The fourth-order valence-corrected chi connectivity index (χ4v) is 3.36. The van der Waals surface area contributed by atoms with E-state index >= 15 is 0 Å². The molecule has 0 unspecified atom stereocenters. The molecule has 3 atom stereocenters. The first-order valence-electron chi connectivity index (χ1n) is 8.00. The molecule has 0 saturated heterocycles. The lowest BCUT2D eigenvalue weighted by Crippen LogP contribution is -2.40. The topological polar surface area (TPSA) is 66.4 Å². The maximum absolute atomic E-state index is 12.5. The van der Waals surface area contributed by atoms with Crippen LogP contribution in [0.1, 0.15) is 55.3 Å². The van der Waals surface area contributed by atoms with Gasteiger partial charge < -0.3 is 10.4 Å². The van der Waals surface area contributed by atoms with Crippen molar-refractivity contribution in [2.45, 2.75) is 52.5 Å². The van der Waals surface area contributed by atoms with E-state index in [-0.39, 0.29) is 11.9 Å². The van der Waals surface area contributed by atoms with E-state index in [0.29, 0.717) is 12.8 Å². The van der Waals surface area contributed by atoms with E-state index < -0.39 is 17.8 Å². The summed E-state index contributed by atoms with van der Waals surface area (Å²) in [6.07, 6.45) is 3.10. The van der Waals surface area contributed by atoms with Crippen LogP contribution in [0.3, 0.4) is 0 Å². The van der Waals surface area contributed by atoms with Gasteiger partial charge in [0.1, 0.15) is 0 Å². The number of aryl methyl sites for hydroxylation is 2. The molecule has 1 amide bonds. The van der Waals surface area contributed by atoms with Crippen LogP contribution in [0.25, 0.3) is 0 Å². The Kier molecular flexibility index (Phi) is 5.22. The number of amides is 1. The fraction of sp³-hybridized carbons (Fsp3) is 0.556. The number of aliphatic carboxylic acids is 1. The van der Waals surface area contributed by atoms with Crippen molar-refractivity contribution >= 4 is 11.9 Å². The molecule has 120 valence electrons. The van der Waals surface area contributed by atoms with Crippen LogP contribution in [0.2, 0.25) is 0 Å². The summed E-state index contributed by atoms with van der Waals surface area (Å²) in [6.45, 7) is 6.01. The predicted octanol–water partition coefficient (Wildman–Crippen LogP) is 3.37. The number of benzene rings is 1. The van der Waals surface area contributed by atoms with E-state index in [1.54, 1.807) is 0 Å². The second kappa shape index (κ2) is 6.95. The molecule has 4 heteroatoms. The summed E-state index contributed by atoms with van der Waals surface area (Å²) in [4.78, 5) is 23.9. The zero-order chi connectivity index (χ0) is 16.3. The molecule has 0 bridgehead atoms. The average Bonchev–Trinajstić information content (AvgIpc) is 2.49. The molecular formula is C18H25NO3. The third-order valence-corrected chi connectivity index (χ3v) is 4.68. The maximum Gasteiger partial charge on any atom is 0.307 e. The van der Waals surface area contributed by atoms with Crippen LogP contribution in [0.15, 0.2) is 18.2 Å². The van der Waals surface area contributed by atoms with Crippen molar-refractivity contribution in [3.63, 3.8) is 0 Å². The molecule has 22 heavy (non-hydrogen) atoms. The Balaban J connectivity index is 2.10. The zero-order valence-corrected chi connectivity index (χ0v) is 13.6. The Morgan fingerprint density at radius 1 is 1.18 bits per heavy atom. The molecule has 0 aromatic heterocycles. The minimum atomic E-state index is -0.848. The highest BCUT2D eigenvalue weighted by molar-refractivity contribution is 5.85. The number of rotatable bonds is 4. The lowest BCUT2D eigenvalue weighted by molar-refractivity contribution is -0.149. The Hall–Kier alpha value is -1.84. The van der Waals surface area contributed by atoms with E-state index in [9.17, 15) is 14.7 Å². The maximum atomic E-state index is 12.5. The molecule has 1 aromatic carbocycles. The Labute approximate surface area is 131 Å². The third-order valence-electron chi connectivity index (χ3n) is 4.68. The lowest BCUT2D eigenvalue weighted by atomic mass is 9.78. The number of hydrogen-bond acceptors (Lipinski definition) is 2. The smallest absolute Gasteiger partial charge is 0.307 e. The van der Waals surface area contributed by atoms with Gasteiger partial charge in [-0.05, 0) is 44.7 Å². The van der Waals surface area contributed by atoms with Crippen molar-refractivity contribution in [3.8, 4) is 0 Å². The van der Waals surface area contributed by atoms with Gasteiger partial charge in [-0.25, -0.2) is 0 Å². The fourth-order valence-electron chi connectivity index (χ4n) is 3.36. The summed E-state index contributed by atoms with van der Waals surface area (Å²) >= 11 is 0. The zero-order valence-electron chi connectivity index (χ0n) is 13.6. The first-order valence-corrected chi connectivity index (χ1v) is 8.00. The van der Waals surface area contributed by atoms with Crippen molar-refractivity contribution in [1.29, 1.82) is 0 Å². The molecule has 0 aliphatic heterocycles. The highest BCUT2D eigenvalue weighted by Crippen LogP contribution is 2.31. The van der Waals surface area contributed by atoms with Crippen molar-refractivity contribution in [2.24, 2.45) is 11.8 Å². The lowest BCUT2D eigenvalue weighted by Gasteiger charge is -2.29. The molecule has 2 rings (SSSR count). The summed E-state index contributed by atoms with van der Waals surface area (Å²) in [5.74, 6) is -1.92. The molecule has 1 fully saturated rings. The summed E-state index contributed by atoms with van der Waals surface area (Å²) in [5.41, 5.74) is 3.38. The van der Waals surface area contributed by atoms with E-state index in [4.69, 9.17) is 0 Å². The van der Waals surface area contributed by atoms with Gasteiger partial charge in [-0.15, -0.1) is 0 Å². The summed E-state index contributed by atoms with van der Waals surface area (Å²) in [7, 11) is 0. The predicted molar refractivity (Wildman–Crippen MR) is 85.6 cm³/mol. The van der Waals surface area contributed by atoms with Gasteiger partial charge in [0.15, 0.2) is 0 Å². The van der Waals surface area contributed by atoms with Crippen LogP contribution in [-0.2, 0) is 9.59 Å². The molecule has 1 aliphatic rings. The van der Waals surface area contributed by atoms with E-state index in [1.807, 2.05) is 26.8 Å². The van der Waals surface area contributed by atoms with Gasteiger partial charge in [-0.1, -0.05) is 36.6 Å². The number of carbonyl (C=O) groups is 2. The van der Waals surface area contributed by atoms with Crippen LogP contribution < -0.4 is 5.32 Å². The third kappa shape index (κ3) is 3.67. The standard InChI is InChI=1S/C18H25NO3/c1-11-8-9-12(2)16(10-11)13(3)19-17(20)14-6-4-5-7-15(14)18(21)22/h8-10,13-15H,4-7H2,1-3H3,(H,19,20)(H,21,22)/t13-,14+,15-/m0/s1. The van der Waals surface area contributed by atoms with E-state index in [0.717, 1.165) is 29.5 Å². The van der Waals surface area contributed by atoms with Crippen molar-refractivity contribution in [1.82, 2.24) is 5.32 Å². The summed E-state index contributed by atoms with van der Waals surface area (Å²) < 4.78 is 0. The minimum absolute atomic E-state index is 0.108. The molecule has 2 N–H and O–H groups in total. The summed E-state index contributed by atoms with van der Waals surface area (Å²) in [5, 5.41) is 12.3. The molecule has 4 nitrogen and oxygen atoms in total. The minimum Gasteiger partial charge on any atom is -0.481 e. The van der Waals surface area contributed by atoms with Crippen molar-refractivity contribution in [2.75, 3.05) is 0 Å². The normalized spacial score (nSPS) is 22.9. The van der Waals surface area contributed by atoms with Crippen LogP contribution in [0.5, 0.6) is 0 Å². The van der Waals surface area contributed by atoms with Gasteiger partial charge in [-0.2, -0.15) is 0 Å². The SMILES string of the molecule is Cc1ccc(C)c([C@H](C)NC(=O)[C@@H]2CCCC[C@@H]2C(=O)O)c1. The molecule has 0 heterocycles. The van der Waals surface area contributed by atoms with Crippen LogP contribution in [0, 0.1) is 25.7 Å². The molecule has 1 saturated carbocycles. The van der Waals surface area contributed by atoms with Gasteiger partial charge in [0.2, 0.25) is 5.91 Å². The number of nitrogens with one attached hydrogen (secondary N) is 1. The quantitative estimate of drug-likeness (QED) is 0.896. The van der Waals surface area contributed by atoms with Gasteiger partial charge in [-0.3, -0.25) is 9.59 Å². The monoisotopic (exact) mass is 303 g/mol. The molecule has 1 aliphatic carbocycles. The number of hydrogen-bond donors (Lipinski definition) is 2. The highest BCUT2D eigenvalue weighted by Gasteiger charge is 2.36. The molecule has 0 radical (unpaired) electrons. The Morgan fingerprint density at radius 3 is 2.45 bits per heavy atom. The van der Waals surface area contributed by atoms with Gasteiger partial charge in [0, 0.05) is 0 Å². The van der Waals surface area contributed by atoms with Gasteiger partial charge >= 0.3 is 5.97 Å². The van der Waals surface area contributed by atoms with Gasteiger partial charge in [0.05, 0.1) is 17.9 Å². The number of carbonyl (C=O) groups excluding carboxylic acids is 1. The number of carboxylic acid groups (broad SMARTS) is 1. The molecule has 1 aromatic rings. The van der Waals surface area contributed by atoms with Crippen molar-refractivity contribution < 1.29 is 14.7 Å². The Bertz CT molecular complexity index is 567. The Morgan fingerprint density at radius 2 is 1.82 bits per heavy atom. The van der Waals surface area contributed by atoms with Crippen molar-refractivity contribution in [3.05, 3.63) is 34.9 Å². The van der Waals surface area contributed by atoms with E-state index in [2.05, 4.69) is 17.4 Å².